The largest absolute Gasteiger partial charge is 0.352 e. The van der Waals surface area contributed by atoms with E-state index in [9.17, 15) is 18.0 Å². The van der Waals surface area contributed by atoms with Crippen molar-refractivity contribution in [3.05, 3.63) is 100 Å². The van der Waals surface area contributed by atoms with Gasteiger partial charge in [-0.05, 0) is 55.2 Å². The van der Waals surface area contributed by atoms with Gasteiger partial charge < -0.3 is 10.2 Å². The lowest BCUT2D eigenvalue weighted by Gasteiger charge is -2.32. The first-order valence-corrected chi connectivity index (χ1v) is 15.8. The van der Waals surface area contributed by atoms with Crippen molar-refractivity contribution in [1.29, 1.82) is 0 Å². The molecule has 0 fully saturated rings. The SMILES string of the molecule is CC[C@@H](C)NC(=O)[C@H](Cc1ccccc1)N(Cc1ccc(Cl)c(Cl)c1)C(=O)CCCN(C)S(=O)(=O)c1ccccc1. The summed E-state index contributed by atoms with van der Waals surface area (Å²) in [4.78, 5) is 29.2. The highest BCUT2D eigenvalue weighted by molar-refractivity contribution is 7.89. The zero-order valence-corrected chi connectivity index (χ0v) is 25.9. The van der Waals surface area contributed by atoms with Gasteiger partial charge in [0.05, 0.1) is 14.9 Å². The van der Waals surface area contributed by atoms with Gasteiger partial charge in [0, 0.05) is 39.0 Å². The molecule has 0 radical (unpaired) electrons. The number of carbonyl (C=O) groups excluding carboxylic acids is 2. The Hall–Kier alpha value is -2.91. The van der Waals surface area contributed by atoms with Crippen LogP contribution in [0, 0.1) is 0 Å². The Morgan fingerprint density at radius 3 is 2.15 bits per heavy atom. The Bertz CT molecular complexity index is 1410. The fourth-order valence-corrected chi connectivity index (χ4v) is 5.87. The second-order valence-electron chi connectivity index (χ2n) is 10.0. The molecule has 0 unspecified atom stereocenters. The maximum absolute atomic E-state index is 13.8. The highest BCUT2D eigenvalue weighted by atomic mass is 35.5. The number of carbonyl (C=O) groups is 2. The second-order valence-corrected chi connectivity index (χ2v) is 12.9. The lowest BCUT2D eigenvalue weighted by Crippen LogP contribution is -2.52. The first-order chi connectivity index (χ1) is 19.5. The molecule has 0 saturated heterocycles. The van der Waals surface area contributed by atoms with Crippen molar-refractivity contribution in [2.24, 2.45) is 0 Å². The molecule has 2 atom stereocenters. The maximum Gasteiger partial charge on any atom is 0.243 e. The number of sulfonamides is 1. The zero-order chi connectivity index (χ0) is 30.0. The van der Waals surface area contributed by atoms with Crippen LogP contribution in [0.5, 0.6) is 0 Å². The zero-order valence-electron chi connectivity index (χ0n) is 23.6. The minimum atomic E-state index is -3.68. The lowest BCUT2D eigenvalue weighted by atomic mass is 10.0. The maximum atomic E-state index is 13.8. The quantitative estimate of drug-likeness (QED) is 0.242. The van der Waals surface area contributed by atoms with Crippen LogP contribution < -0.4 is 5.32 Å². The van der Waals surface area contributed by atoms with Gasteiger partial charge in [0.25, 0.3) is 0 Å². The molecule has 1 N–H and O–H groups in total. The third-order valence-corrected chi connectivity index (χ3v) is 9.53. The topological polar surface area (TPSA) is 86.8 Å². The minimum Gasteiger partial charge on any atom is -0.352 e. The second kappa shape index (κ2) is 15.4. The van der Waals surface area contributed by atoms with Gasteiger partial charge in [-0.25, -0.2) is 12.7 Å². The normalized spacial score (nSPS) is 13.0. The van der Waals surface area contributed by atoms with Gasteiger partial charge in [-0.1, -0.05) is 84.7 Å². The summed E-state index contributed by atoms with van der Waals surface area (Å²) in [7, 11) is -2.19. The average molecular weight is 619 g/mol. The molecule has 220 valence electrons. The molecule has 0 bridgehead atoms. The number of hydrogen-bond acceptors (Lipinski definition) is 4. The van der Waals surface area contributed by atoms with Gasteiger partial charge in [-0.3, -0.25) is 9.59 Å². The van der Waals surface area contributed by atoms with Crippen molar-refractivity contribution < 1.29 is 18.0 Å². The number of hydrogen-bond donors (Lipinski definition) is 1. The molecule has 3 aromatic rings. The summed E-state index contributed by atoms with van der Waals surface area (Å²) in [6, 6.07) is 22.0. The Balaban J connectivity index is 1.86. The van der Waals surface area contributed by atoms with Crippen LogP contribution in [0.4, 0.5) is 0 Å². The van der Waals surface area contributed by atoms with Crippen LogP contribution in [0.25, 0.3) is 0 Å². The summed E-state index contributed by atoms with van der Waals surface area (Å²) in [6.07, 6.45) is 1.40. The molecule has 0 aromatic heterocycles. The highest BCUT2D eigenvalue weighted by Gasteiger charge is 2.31. The summed E-state index contributed by atoms with van der Waals surface area (Å²) < 4.78 is 27.1. The molecule has 0 saturated carbocycles. The monoisotopic (exact) mass is 617 g/mol. The van der Waals surface area contributed by atoms with Gasteiger partial charge in [0.1, 0.15) is 6.04 Å². The number of rotatable bonds is 14. The van der Waals surface area contributed by atoms with Crippen molar-refractivity contribution >= 4 is 45.0 Å². The third kappa shape index (κ3) is 9.30. The molecule has 0 aliphatic carbocycles. The molecular formula is C31H37Cl2N3O4S. The van der Waals surface area contributed by atoms with Gasteiger partial charge in [-0.2, -0.15) is 0 Å². The number of nitrogens with zero attached hydrogens (tertiary/aromatic N) is 2. The van der Waals surface area contributed by atoms with E-state index in [-0.39, 0.29) is 48.7 Å². The Labute approximate surface area is 253 Å². The molecule has 41 heavy (non-hydrogen) atoms. The molecule has 3 aromatic carbocycles. The van der Waals surface area contributed by atoms with Gasteiger partial charge in [0.2, 0.25) is 21.8 Å². The fraction of sp³-hybridized carbons (Fsp3) is 0.355. The average Bonchev–Trinajstić information content (AvgIpc) is 2.97. The summed E-state index contributed by atoms with van der Waals surface area (Å²) in [6.45, 7) is 4.19. The molecule has 0 spiro atoms. The van der Waals surface area contributed by atoms with E-state index < -0.39 is 16.1 Å². The minimum absolute atomic E-state index is 0.0534. The van der Waals surface area contributed by atoms with Crippen LogP contribution in [-0.4, -0.2) is 55.1 Å². The van der Waals surface area contributed by atoms with Crippen LogP contribution in [0.15, 0.2) is 83.8 Å². The number of halogens is 2. The van der Waals surface area contributed by atoms with E-state index in [0.717, 1.165) is 17.5 Å². The van der Waals surface area contributed by atoms with Crippen LogP contribution in [0.1, 0.15) is 44.2 Å². The van der Waals surface area contributed by atoms with E-state index in [4.69, 9.17) is 23.2 Å². The lowest BCUT2D eigenvalue weighted by molar-refractivity contribution is -0.141. The van der Waals surface area contributed by atoms with E-state index in [1.54, 1.807) is 53.4 Å². The fourth-order valence-electron chi connectivity index (χ4n) is 4.32. The predicted molar refractivity (Wildman–Crippen MR) is 164 cm³/mol. The molecular weight excluding hydrogens is 581 g/mol. The van der Waals surface area contributed by atoms with Crippen LogP contribution in [0.3, 0.4) is 0 Å². The van der Waals surface area contributed by atoms with Gasteiger partial charge in [-0.15, -0.1) is 0 Å². The van der Waals surface area contributed by atoms with E-state index in [1.165, 1.54) is 11.4 Å². The molecule has 0 heterocycles. The van der Waals surface area contributed by atoms with Crippen LogP contribution in [-0.2, 0) is 32.6 Å². The highest BCUT2D eigenvalue weighted by Crippen LogP contribution is 2.25. The summed E-state index contributed by atoms with van der Waals surface area (Å²) in [5.74, 6) is -0.512. The van der Waals surface area contributed by atoms with E-state index in [0.29, 0.717) is 16.5 Å². The molecule has 0 aliphatic heterocycles. The van der Waals surface area contributed by atoms with Crippen molar-refractivity contribution in [3.63, 3.8) is 0 Å². The first kappa shape index (κ1) is 32.6. The smallest absolute Gasteiger partial charge is 0.243 e. The molecule has 7 nitrogen and oxygen atoms in total. The summed E-state index contributed by atoms with van der Waals surface area (Å²) in [5, 5.41) is 3.79. The van der Waals surface area contributed by atoms with Crippen molar-refractivity contribution in [1.82, 2.24) is 14.5 Å². The van der Waals surface area contributed by atoms with Gasteiger partial charge >= 0.3 is 0 Å². The molecule has 2 amide bonds. The van der Waals surface area contributed by atoms with Crippen LogP contribution >= 0.6 is 23.2 Å². The standard InChI is InChI=1S/C31H37Cl2N3O4S/c1-4-23(2)34-31(38)29(21-24-12-7-5-8-13-24)36(22-25-17-18-27(32)28(33)20-25)30(37)16-11-19-35(3)41(39,40)26-14-9-6-10-15-26/h5-10,12-15,17-18,20,23,29H,4,11,16,19,21-22H2,1-3H3,(H,34,38)/t23-,29+/m1/s1. The molecule has 10 heteroatoms. The van der Waals surface area contributed by atoms with Gasteiger partial charge in [0.15, 0.2) is 0 Å². The van der Waals surface area contributed by atoms with Crippen molar-refractivity contribution in [2.75, 3.05) is 13.6 Å². The van der Waals surface area contributed by atoms with Crippen LogP contribution in [0.2, 0.25) is 10.0 Å². The van der Waals surface area contributed by atoms with E-state index in [2.05, 4.69) is 5.32 Å². The molecule has 3 rings (SSSR count). The Morgan fingerprint density at radius 1 is 0.902 bits per heavy atom. The summed E-state index contributed by atoms with van der Waals surface area (Å²) in [5.41, 5.74) is 1.64. The Morgan fingerprint density at radius 2 is 1.54 bits per heavy atom. The van der Waals surface area contributed by atoms with E-state index in [1.807, 2.05) is 44.2 Å². The number of amides is 2. The van der Waals surface area contributed by atoms with Crippen molar-refractivity contribution in [3.8, 4) is 0 Å². The number of nitrogens with one attached hydrogen (secondary N) is 1. The number of benzene rings is 3. The molecule has 0 aliphatic rings. The summed E-state index contributed by atoms with van der Waals surface area (Å²) >= 11 is 12.4. The van der Waals surface area contributed by atoms with E-state index >= 15 is 0 Å². The Kier molecular flexibility index (Phi) is 12.2. The first-order valence-electron chi connectivity index (χ1n) is 13.6. The van der Waals surface area contributed by atoms with Crippen molar-refractivity contribution in [2.45, 2.75) is 63.1 Å². The predicted octanol–water partition coefficient (Wildman–Crippen LogP) is 5.95. The third-order valence-electron chi connectivity index (χ3n) is 6.92.